The largest absolute Gasteiger partial charge is 0.423 e. The van der Waals surface area contributed by atoms with E-state index < -0.39 is 0 Å². The van der Waals surface area contributed by atoms with Gasteiger partial charge in [0, 0.05) is 18.5 Å². The summed E-state index contributed by atoms with van der Waals surface area (Å²) in [5.41, 5.74) is 1.11. The van der Waals surface area contributed by atoms with E-state index in [0.717, 1.165) is 18.4 Å². The van der Waals surface area contributed by atoms with Crippen molar-refractivity contribution in [2.24, 2.45) is 0 Å². The first-order chi connectivity index (χ1) is 10.1. The van der Waals surface area contributed by atoms with Crippen LogP contribution in [0.2, 0.25) is 0 Å². The second kappa shape index (κ2) is 7.01. The van der Waals surface area contributed by atoms with E-state index in [1.165, 1.54) is 0 Å². The van der Waals surface area contributed by atoms with Crippen molar-refractivity contribution in [1.29, 1.82) is 0 Å². The molecule has 1 amide bonds. The summed E-state index contributed by atoms with van der Waals surface area (Å²) in [6, 6.07) is -0.272. The standard InChI is InChI=1S/C14H21N5O2/c1-9(2)13-18-19-14(21-13)10(3)17-12(20)6-4-5-11-7-15-16-8-11/h7-10H,4-6H2,1-3H3,(H,15,16)(H,17,20)/t10-/m1/s1. The van der Waals surface area contributed by atoms with E-state index in [2.05, 4.69) is 25.7 Å². The van der Waals surface area contributed by atoms with Gasteiger partial charge in [0.25, 0.3) is 0 Å². The van der Waals surface area contributed by atoms with Gasteiger partial charge in [-0.25, -0.2) is 0 Å². The third-order valence-electron chi connectivity index (χ3n) is 3.12. The molecule has 1 atom stereocenters. The first-order valence-corrected chi connectivity index (χ1v) is 7.16. The van der Waals surface area contributed by atoms with E-state index in [1.807, 2.05) is 27.0 Å². The van der Waals surface area contributed by atoms with Crippen molar-refractivity contribution in [3.05, 3.63) is 29.7 Å². The number of hydrogen-bond donors (Lipinski definition) is 2. The van der Waals surface area contributed by atoms with Gasteiger partial charge in [0.05, 0.1) is 6.20 Å². The molecule has 2 rings (SSSR count). The van der Waals surface area contributed by atoms with E-state index in [0.29, 0.717) is 18.2 Å². The van der Waals surface area contributed by atoms with Crippen molar-refractivity contribution in [1.82, 2.24) is 25.7 Å². The van der Waals surface area contributed by atoms with Crippen LogP contribution >= 0.6 is 0 Å². The van der Waals surface area contributed by atoms with Gasteiger partial charge in [0.2, 0.25) is 17.7 Å². The van der Waals surface area contributed by atoms with Crippen molar-refractivity contribution < 1.29 is 9.21 Å². The summed E-state index contributed by atoms with van der Waals surface area (Å²) < 4.78 is 5.52. The minimum atomic E-state index is -0.272. The van der Waals surface area contributed by atoms with Crippen LogP contribution in [-0.4, -0.2) is 26.3 Å². The van der Waals surface area contributed by atoms with Gasteiger partial charge in [-0.15, -0.1) is 10.2 Å². The van der Waals surface area contributed by atoms with Gasteiger partial charge in [-0.2, -0.15) is 5.10 Å². The number of carbonyl (C=O) groups is 1. The van der Waals surface area contributed by atoms with E-state index in [1.54, 1.807) is 6.20 Å². The van der Waals surface area contributed by atoms with Crippen LogP contribution < -0.4 is 5.32 Å². The monoisotopic (exact) mass is 291 g/mol. The molecule has 0 unspecified atom stereocenters. The van der Waals surface area contributed by atoms with Crippen LogP contribution in [0.15, 0.2) is 16.8 Å². The molecule has 114 valence electrons. The van der Waals surface area contributed by atoms with Gasteiger partial charge in [-0.05, 0) is 25.3 Å². The molecule has 0 aliphatic carbocycles. The maximum absolute atomic E-state index is 11.9. The molecule has 2 heterocycles. The van der Waals surface area contributed by atoms with Crippen molar-refractivity contribution in [2.75, 3.05) is 0 Å². The highest BCUT2D eigenvalue weighted by molar-refractivity contribution is 5.76. The molecule has 2 aromatic rings. The van der Waals surface area contributed by atoms with Gasteiger partial charge < -0.3 is 9.73 Å². The van der Waals surface area contributed by atoms with Gasteiger partial charge in [0.15, 0.2) is 0 Å². The summed E-state index contributed by atoms with van der Waals surface area (Å²) in [6.07, 6.45) is 5.68. The molecule has 7 nitrogen and oxygen atoms in total. The summed E-state index contributed by atoms with van der Waals surface area (Å²) in [7, 11) is 0. The van der Waals surface area contributed by atoms with Crippen molar-refractivity contribution in [3.8, 4) is 0 Å². The van der Waals surface area contributed by atoms with Gasteiger partial charge >= 0.3 is 0 Å². The molecule has 0 bridgehead atoms. The Morgan fingerprint density at radius 1 is 1.33 bits per heavy atom. The van der Waals surface area contributed by atoms with Crippen LogP contribution in [0.3, 0.4) is 0 Å². The highest BCUT2D eigenvalue weighted by Crippen LogP contribution is 2.16. The molecule has 2 aromatic heterocycles. The zero-order valence-corrected chi connectivity index (χ0v) is 12.6. The average Bonchev–Trinajstić information content (AvgIpc) is 3.09. The molecule has 7 heteroatoms. The van der Waals surface area contributed by atoms with Crippen molar-refractivity contribution in [3.63, 3.8) is 0 Å². The number of carbonyl (C=O) groups excluding carboxylic acids is 1. The summed E-state index contributed by atoms with van der Waals surface area (Å²) in [6.45, 7) is 5.80. The van der Waals surface area contributed by atoms with E-state index in [4.69, 9.17) is 4.42 Å². The molecule has 0 aliphatic rings. The highest BCUT2D eigenvalue weighted by atomic mass is 16.4. The van der Waals surface area contributed by atoms with Crippen LogP contribution in [0.5, 0.6) is 0 Å². The summed E-state index contributed by atoms with van der Waals surface area (Å²) >= 11 is 0. The number of aromatic nitrogens is 4. The predicted molar refractivity (Wildman–Crippen MR) is 76.5 cm³/mol. The second-order valence-corrected chi connectivity index (χ2v) is 5.38. The third kappa shape index (κ3) is 4.40. The Hall–Kier alpha value is -2.18. The van der Waals surface area contributed by atoms with Crippen LogP contribution in [-0.2, 0) is 11.2 Å². The maximum atomic E-state index is 11.9. The van der Waals surface area contributed by atoms with Crippen LogP contribution in [0.4, 0.5) is 0 Å². The second-order valence-electron chi connectivity index (χ2n) is 5.38. The Morgan fingerprint density at radius 3 is 2.71 bits per heavy atom. The number of hydrogen-bond acceptors (Lipinski definition) is 5. The molecule has 0 aliphatic heterocycles. The molecular weight excluding hydrogens is 270 g/mol. The lowest BCUT2D eigenvalue weighted by molar-refractivity contribution is -0.122. The Balaban J connectivity index is 1.75. The lowest BCUT2D eigenvalue weighted by atomic mass is 10.1. The van der Waals surface area contributed by atoms with Crippen LogP contribution in [0.1, 0.15) is 62.9 Å². The molecule has 0 spiro atoms. The fraction of sp³-hybridized carbons (Fsp3) is 0.571. The number of H-pyrrole nitrogens is 1. The van der Waals surface area contributed by atoms with Crippen molar-refractivity contribution >= 4 is 5.91 Å². The van der Waals surface area contributed by atoms with Crippen LogP contribution in [0, 0.1) is 0 Å². The minimum Gasteiger partial charge on any atom is -0.423 e. The number of amides is 1. The van der Waals surface area contributed by atoms with E-state index in [-0.39, 0.29) is 17.9 Å². The van der Waals surface area contributed by atoms with Gasteiger partial charge in [-0.3, -0.25) is 9.89 Å². The maximum Gasteiger partial charge on any atom is 0.238 e. The number of aryl methyl sites for hydroxylation is 1. The number of rotatable bonds is 7. The van der Waals surface area contributed by atoms with E-state index >= 15 is 0 Å². The molecule has 0 aromatic carbocycles. The molecule has 0 radical (unpaired) electrons. The zero-order chi connectivity index (χ0) is 15.2. The summed E-state index contributed by atoms with van der Waals surface area (Å²) in [5, 5.41) is 17.4. The Kier molecular flexibility index (Phi) is 5.08. The quantitative estimate of drug-likeness (QED) is 0.814. The van der Waals surface area contributed by atoms with Crippen molar-refractivity contribution in [2.45, 2.75) is 52.0 Å². The first-order valence-electron chi connectivity index (χ1n) is 7.16. The fourth-order valence-corrected chi connectivity index (χ4v) is 1.90. The zero-order valence-electron chi connectivity index (χ0n) is 12.6. The third-order valence-corrected chi connectivity index (χ3v) is 3.12. The molecule has 2 N–H and O–H groups in total. The first kappa shape index (κ1) is 15.2. The lowest BCUT2D eigenvalue weighted by Crippen LogP contribution is -2.26. The predicted octanol–water partition coefficient (Wildman–Crippen LogP) is 2.12. The Morgan fingerprint density at radius 2 is 2.10 bits per heavy atom. The topological polar surface area (TPSA) is 96.7 Å². The van der Waals surface area contributed by atoms with Crippen LogP contribution in [0.25, 0.3) is 0 Å². The Bertz CT molecular complexity index is 562. The fourth-order valence-electron chi connectivity index (χ4n) is 1.90. The molecule has 0 saturated carbocycles. The molecule has 21 heavy (non-hydrogen) atoms. The molecule has 0 saturated heterocycles. The smallest absolute Gasteiger partial charge is 0.238 e. The lowest BCUT2D eigenvalue weighted by Gasteiger charge is -2.09. The number of nitrogens with one attached hydrogen (secondary N) is 2. The molecule has 0 fully saturated rings. The molecular formula is C14H21N5O2. The Labute approximate surface area is 123 Å². The summed E-state index contributed by atoms with van der Waals surface area (Å²) in [4.78, 5) is 11.9. The minimum absolute atomic E-state index is 0.0182. The number of nitrogens with zero attached hydrogens (tertiary/aromatic N) is 3. The van der Waals surface area contributed by atoms with Gasteiger partial charge in [-0.1, -0.05) is 13.8 Å². The average molecular weight is 291 g/mol. The SMILES string of the molecule is CC(C)c1nnc([C@@H](C)NC(=O)CCCc2cn[nH]c2)o1. The van der Waals surface area contributed by atoms with Gasteiger partial charge in [0.1, 0.15) is 6.04 Å². The number of aromatic amines is 1. The summed E-state index contributed by atoms with van der Waals surface area (Å²) in [5.74, 6) is 1.20. The normalized spacial score (nSPS) is 12.6. The van der Waals surface area contributed by atoms with E-state index in [9.17, 15) is 4.79 Å². The highest BCUT2D eigenvalue weighted by Gasteiger charge is 2.17.